The van der Waals surface area contributed by atoms with E-state index in [2.05, 4.69) is 24.1 Å². The van der Waals surface area contributed by atoms with Crippen molar-refractivity contribution >= 4 is 5.91 Å². The van der Waals surface area contributed by atoms with Crippen LogP contribution in [-0.2, 0) is 9.53 Å². The number of hydrogen-bond donors (Lipinski definition) is 1. The Morgan fingerprint density at radius 3 is 2.72 bits per heavy atom. The lowest BCUT2D eigenvalue weighted by molar-refractivity contribution is -0.136. The van der Waals surface area contributed by atoms with Gasteiger partial charge in [-0.25, -0.2) is 0 Å². The molecule has 0 radical (unpaired) electrons. The first-order chi connectivity index (χ1) is 8.76. The van der Waals surface area contributed by atoms with Crippen LogP contribution in [0, 0.1) is 11.8 Å². The Kier molecular flexibility index (Phi) is 5.01. The second-order valence-corrected chi connectivity index (χ2v) is 5.54. The molecule has 1 amide bonds. The van der Waals surface area contributed by atoms with Crippen LogP contribution in [0.1, 0.15) is 33.1 Å². The molecule has 2 unspecified atom stereocenters. The fraction of sp³-hybridized carbons (Fsp3) is 0.929. The number of carbonyl (C=O) groups is 1. The molecule has 2 aliphatic rings. The topological polar surface area (TPSA) is 41.6 Å². The van der Waals surface area contributed by atoms with Crippen molar-refractivity contribution in [3.8, 4) is 0 Å². The molecular weight excluding hydrogens is 228 g/mol. The Morgan fingerprint density at radius 1 is 1.33 bits per heavy atom. The Morgan fingerprint density at radius 2 is 2.11 bits per heavy atom. The highest BCUT2D eigenvalue weighted by atomic mass is 16.5. The highest BCUT2D eigenvalue weighted by Crippen LogP contribution is 2.30. The summed E-state index contributed by atoms with van der Waals surface area (Å²) in [6.07, 6.45) is 3.63. The van der Waals surface area contributed by atoms with Gasteiger partial charge in [-0.15, -0.1) is 0 Å². The monoisotopic (exact) mass is 254 g/mol. The summed E-state index contributed by atoms with van der Waals surface area (Å²) in [4.78, 5) is 14.7. The average molecular weight is 254 g/mol. The van der Waals surface area contributed by atoms with Gasteiger partial charge in [0.25, 0.3) is 0 Å². The SMILES string of the molecule is CCCN(CC1CC1)C(=O)C1COCC1NCC. The van der Waals surface area contributed by atoms with Crippen LogP contribution in [0.25, 0.3) is 0 Å². The minimum atomic E-state index is 0.0234. The van der Waals surface area contributed by atoms with Gasteiger partial charge in [-0.2, -0.15) is 0 Å². The summed E-state index contributed by atoms with van der Waals surface area (Å²) < 4.78 is 5.48. The molecule has 1 aliphatic carbocycles. The molecule has 0 aromatic carbocycles. The fourth-order valence-electron chi connectivity index (χ4n) is 2.67. The smallest absolute Gasteiger partial charge is 0.229 e. The van der Waals surface area contributed by atoms with Crippen LogP contribution in [0.15, 0.2) is 0 Å². The molecule has 2 rings (SSSR count). The molecule has 1 saturated heterocycles. The number of hydrogen-bond acceptors (Lipinski definition) is 3. The molecule has 0 aromatic heterocycles. The van der Waals surface area contributed by atoms with Crippen LogP contribution < -0.4 is 5.32 Å². The van der Waals surface area contributed by atoms with Crippen molar-refractivity contribution < 1.29 is 9.53 Å². The fourth-order valence-corrected chi connectivity index (χ4v) is 2.67. The van der Waals surface area contributed by atoms with Crippen LogP contribution in [0.4, 0.5) is 0 Å². The van der Waals surface area contributed by atoms with Crippen molar-refractivity contribution in [1.29, 1.82) is 0 Å². The van der Waals surface area contributed by atoms with Crippen molar-refractivity contribution in [2.75, 3.05) is 32.8 Å². The average Bonchev–Trinajstić information content (AvgIpc) is 3.06. The molecule has 104 valence electrons. The predicted octanol–water partition coefficient (Wildman–Crippen LogP) is 1.26. The standard InChI is InChI=1S/C14H26N2O2/c1-3-7-16(8-11-5-6-11)14(17)12-9-18-10-13(12)15-4-2/h11-13,15H,3-10H2,1-2H3. The van der Waals surface area contributed by atoms with E-state index >= 15 is 0 Å². The van der Waals surface area contributed by atoms with Gasteiger partial charge in [0.15, 0.2) is 0 Å². The number of nitrogens with zero attached hydrogens (tertiary/aromatic N) is 1. The maximum Gasteiger partial charge on any atom is 0.229 e. The van der Waals surface area contributed by atoms with Gasteiger partial charge < -0.3 is 15.0 Å². The Balaban J connectivity index is 1.92. The molecule has 0 spiro atoms. The highest BCUT2D eigenvalue weighted by Gasteiger charge is 2.37. The van der Waals surface area contributed by atoms with Gasteiger partial charge >= 0.3 is 0 Å². The van der Waals surface area contributed by atoms with Gasteiger partial charge in [0.1, 0.15) is 0 Å². The Hall–Kier alpha value is -0.610. The van der Waals surface area contributed by atoms with E-state index in [9.17, 15) is 4.79 Å². The molecule has 4 nitrogen and oxygen atoms in total. The molecule has 18 heavy (non-hydrogen) atoms. The number of nitrogens with one attached hydrogen (secondary N) is 1. The van der Waals surface area contributed by atoms with Crippen LogP contribution in [-0.4, -0.2) is 49.7 Å². The quantitative estimate of drug-likeness (QED) is 0.743. The summed E-state index contributed by atoms with van der Waals surface area (Å²) in [6, 6.07) is 0.209. The third-order valence-electron chi connectivity index (χ3n) is 3.84. The van der Waals surface area contributed by atoms with Crippen molar-refractivity contribution in [3.63, 3.8) is 0 Å². The molecule has 1 N–H and O–H groups in total. The van der Waals surface area contributed by atoms with Crippen LogP contribution in [0.5, 0.6) is 0 Å². The number of ether oxygens (including phenoxy) is 1. The van der Waals surface area contributed by atoms with E-state index in [-0.39, 0.29) is 12.0 Å². The van der Waals surface area contributed by atoms with E-state index in [4.69, 9.17) is 4.74 Å². The van der Waals surface area contributed by atoms with E-state index in [1.807, 2.05) is 0 Å². The molecule has 4 heteroatoms. The number of likely N-dealkylation sites (N-methyl/N-ethyl adjacent to an activating group) is 1. The number of carbonyl (C=O) groups excluding carboxylic acids is 1. The molecule has 2 fully saturated rings. The third kappa shape index (κ3) is 3.45. The minimum Gasteiger partial charge on any atom is -0.379 e. The molecule has 1 saturated carbocycles. The lowest BCUT2D eigenvalue weighted by Crippen LogP contribution is -2.46. The van der Waals surface area contributed by atoms with E-state index in [0.29, 0.717) is 19.1 Å². The lowest BCUT2D eigenvalue weighted by atomic mass is 10.0. The second-order valence-electron chi connectivity index (χ2n) is 5.54. The summed E-state index contributed by atoms with van der Waals surface area (Å²) in [6.45, 7) is 8.23. The Bertz CT molecular complexity index is 279. The molecule has 0 aromatic rings. The van der Waals surface area contributed by atoms with Crippen LogP contribution in [0.2, 0.25) is 0 Å². The van der Waals surface area contributed by atoms with Crippen LogP contribution >= 0.6 is 0 Å². The van der Waals surface area contributed by atoms with E-state index < -0.39 is 0 Å². The first-order valence-corrected chi connectivity index (χ1v) is 7.36. The largest absolute Gasteiger partial charge is 0.379 e. The van der Waals surface area contributed by atoms with Gasteiger partial charge in [-0.05, 0) is 31.7 Å². The summed E-state index contributed by atoms with van der Waals surface area (Å²) in [5, 5.41) is 3.37. The molecule has 0 bridgehead atoms. The molecular formula is C14H26N2O2. The molecule has 1 heterocycles. The zero-order chi connectivity index (χ0) is 13.0. The van der Waals surface area contributed by atoms with Gasteiger partial charge in [0, 0.05) is 19.1 Å². The van der Waals surface area contributed by atoms with Crippen LogP contribution in [0.3, 0.4) is 0 Å². The molecule has 1 aliphatic heterocycles. The van der Waals surface area contributed by atoms with Gasteiger partial charge in [0.2, 0.25) is 5.91 Å². The third-order valence-corrected chi connectivity index (χ3v) is 3.84. The number of rotatable bonds is 7. The van der Waals surface area contributed by atoms with E-state index in [1.165, 1.54) is 12.8 Å². The highest BCUT2D eigenvalue weighted by molar-refractivity contribution is 5.80. The summed E-state index contributed by atoms with van der Waals surface area (Å²) in [5.41, 5.74) is 0. The predicted molar refractivity (Wildman–Crippen MR) is 71.4 cm³/mol. The lowest BCUT2D eigenvalue weighted by Gasteiger charge is -2.27. The maximum atomic E-state index is 12.6. The Labute approximate surface area is 110 Å². The summed E-state index contributed by atoms with van der Waals surface area (Å²) >= 11 is 0. The second kappa shape index (κ2) is 6.53. The normalized spacial score (nSPS) is 27.4. The van der Waals surface area contributed by atoms with Crippen molar-refractivity contribution in [2.24, 2.45) is 11.8 Å². The van der Waals surface area contributed by atoms with E-state index in [0.717, 1.165) is 32.0 Å². The van der Waals surface area contributed by atoms with Crippen molar-refractivity contribution in [1.82, 2.24) is 10.2 Å². The van der Waals surface area contributed by atoms with E-state index in [1.54, 1.807) is 0 Å². The van der Waals surface area contributed by atoms with Gasteiger partial charge in [-0.1, -0.05) is 13.8 Å². The summed E-state index contributed by atoms with van der Waals surface area (Å²) in [7, 11) is 0. The maximum absolute atomic E-state index is 12.6. The zero-order valence-electron chi connectivity index (χ0n) is 11.7. The first-order valence-electron chi connectivity index (χ1n) is 7.36. The summed E-state index contributed by atoms with van der Waals surface area (Å²) in [5.74, 6) is 1.09. The first kappa shape index (κ1) is 13.8. The molecule has 2 atom stereocenters. The zero-order valence-corrected chi connectivity index (χ0v) is 11.7. The van der Waals surface area contributed by atoms with Crippen molar-refractivity contribution in [2.45, 2.75) is 39.2 Å². The minimum absolute atomic E-state index is 0.0234. The van der Waals surface area contributed by atoms with Gasteiger partial charge in [0.05, 0.1) is 19.1 Å². The van der Waals surface area contributed by atoms with Crippen molar-refractivity contribution in [3.05, 3.63) is 0 Å². The van der Waals surface area contributed by atoms with Gasteiger partial charge in [-0.3, -0.25) is 4.79 Å². The number of amides is 1.